The summed E-state index contributed by atoms with van der Waals surface area (Å²) in [5.41, 5.74) is 2.23. The van der Waals surface area contributed by atoms with E-state index in [2.05, 4.69) is 0 Å². The summed E-state index contributed by atoms with van der Waals surface area (Å²) in [7, 11) is -3.66. The lowest BCUT2D eigenvalue weighted by Crippen LogP contribution is -2.30. The first-order chi connectivity index (χ1) is 10.1. The van der Waals surface area contributed by atoms with Gasteiger partial charge in [0, 0.05) is 13.1 Å². The van der Waals surface area contributed by atoms with Crippen molar-refractivity contribution in [1.29, 1.82) is 0 Å². The summed E-state index contributed by atoms with van der Waals surface area (Å²) in [5, 5.41) is 8.89. The van der Waals surface area contributed by atoms with E-state index in [9.17, 15) is 8.42 Å². The third kappa shape index (κ3) is 2.74. The Morgan fingerprint density at radius 2 is 1.90 bits per heavy atom. The van der Waals surface area contributed by atoms with Crippen LogP contribution < -0.4 is 0 Å². The number of rotatable bonds is 3. The molecule has 21 heavy (non-hydrogen) atoms. The van der Waals surface area contributed by atoms with Gasteiger partial charge in [-0.3, -0.25) is 0 Å². The summed E-state index contributed by atoms with van der Waals surface area (Å²) in [6.07, 6.45) is 1.66. The van der Waals surface area contributed by atoms with E-state index in [1.807, 2.05) is 24.3 Å². The highest BCUT2D eigenvalue weighted by Crippen LogP contribution is 2.25. The number of aliphatic hydroxyl groups excluding tert-OH is 1. The summed E-state index contributed by atoms with van der Waals surface area (Å²) < 4.78 is 31.9. The second-order valence-electron chi connectivity index (χ2n) is 5.09. The monoisotopic (exact) mass is 307 g/mol. The average Bonchev–Trinajstić information content (AvgIpc) is 2.87. The smallest absolute Gasteiger partial charge is 0.276 e. The molecule has 0 aliphatic carbocycles. The topological polar surface area (TPSA) is 70.8 Å². The standard InChI is InChI=1S/C15H17NO4S/c17-11-14-7-8-15(20-14)21(18,19)16-9-3-6-12-4-1-2-5-13(12)10-16/h1-2,4-5,7-8,17H,3,6,9-11H2. The first-order valence-electron chi connectivity index (χ1n) is 6.88. The molecule has 2 heterocycles. The van der Waals surface area contributed by atoms with Crippen LogP contribution >= 0.6 is 0 Å². The lowest BCUT2D eigenvalue weighted by Gasteiger charge is -2.18. The van der Waals surface area contributed by atoms with Gasteiger partial charge in [-0.2, -0.15) is 4.31 Å². The number of benzene rings is 1. The van der Waals surface area contributed by atoms with Crippen LogP contribution in [-0.2, 0) is 29.6 Å². The summed E-state index contributed by atoms with van der Waals surface area (Å²) in [5.74, 6) is 0.254. The normalized spacial score (nSPS) is 16.4. The fraction of sp³-hybridized carbons (Fsp3) is 0.333. The van der Waals surface area contributed by atoms with Gasteiger partial charge < -0.3 is 9.52 Å². The molecule has 112 valence electrons. The van der Waals surface area contributed by atoms with Crippen LogP contribution in [-0.4, -0.2) is 24.4 Å². The van der Waals surface area contributed by atoms with Crippen LogP contribution in [0.15, 0.2) is 45.9 Å². The highest BCUT2D eigenvalue weighted by molar-refractivity contribution is 7.89. The first kappa shape index (κ1) is 14.3. The van der Waals surface area contributed by atoms with E-state index in [4.69, 9.17) is 9.52 Å². The fourth-order valence-electron chi connectivity index (χ4n) is 2.58. The molecule has 5 nitrogen and oxygen atoms in total. The predicted octanol–water partition coefficient (Wildman–Crippen LogP) is 1.91. The van der Waals surface area contributed by atoms with Crippen LogP contribution in [0.1, 0.15) is 23.3 Å². The van der Waals surface area contributed by atoms with Gasteiger partial charge in [0.25, 0.3) is 10.0 Å². The average molecular weight is 307 g/mol. The van der Waals surface area contributed by atoms with Crippen LogP contribution in [0.2, 0.25) is 0 Å². The summed E-state index contributed by atoms with van der Waals surface area (Å²) in [6.45, 7) is 0.512. The molecule has 1 N–H and O–H groups in total. The van der Waals surface area contributed by atoms with Crippen LogP contribution in [0.25, 0.3) is 0 Å². The highest BCUT2D eigenvalue weighted by atomic mass is 32.2. The molecule has 2 aromatic rings. The molecule has 6 heteroatoms. The maximum absolute atomic E-state index is 12.6. The van der Waals surface area contributed by atoms with Crippen molar-refractivity contribution >= 4 is 10.0 Å². The summed E-state index contributed by atoms with van der Waals surface area (Å²) >= 11 is 0. The number of hydrogen-bond donors (Lipinski definition) is 1. The van der Waals surface area contributed by atoms with E-state index < -0.39 is 10.0 Å². The Hall–Kier alpha value is -1.63. The molecule has 0 amide bonds. The van der Waals surface area contributed by atoms with Gasteiger partial charge in [0.05, 0.1) is 0 Å². The molecule has 0 spiro atoms. The van der Waals surface area contributed by atoms with Crippen LogP contribution in [0.5, 0.6) is 0 Å². The number of sulfonamides is 1. The maximum atomic E-state index is 12.6. The minimum atomic E-state index is -3.66. The number of furan rings is 1. The van der Waals surface area contributed by atoms with E-state index in [-0.39, 0.29) is 17.5 Å². The minimum Gasteiger partial charge on any atom is -0.446 e. The Morgan fingerprint density at radius 3 is 2.62 bits per heavy atom. The molecule has 0 bridgehead atoms. The van der Waals surface area contributed by atoms with E-state index in [0.29, 0.717) is 13.1 Å². The molecule has 0 fully saturated rings. The third-order valence-electron chi connectivity index (χ3n) is 3.71. The lowest BCUT2D eigenvalue weighted by atomic mass is 10.0. The molecule has 0 saturated heterocycles. The van der Waals surface area contributed by atoms with Crippen molar-refractivity contribution in [1.82, 2.24) is 4.31 Å². The molecular weight excluding hydrogens is 290 g/mol. The number of fused-ring (bicyclic) bond motifs is 1. The Labute approximate surface area is 123 Å². The molecule has 1 aliphatic heterocycles. The molecule has 0 unspecified atom stereocenters. The summed E-state index contributed by atoms with van der Waals surface area (Å²) in [6, 6.07) is 10.8. The van der Waals surface area contributed by atoms with Crippen molar-refractivity contribution in [2.75, 3.05) is 6.54 Å². The van der Waals surface area contributed by atoms with E-state index in [0.717, 1.165) is 18.4 Å². The van der Waals surface area contributed by atoms with Crippen molar-refractivity contribution in [2.24, 2.45) is 0 Å². The van der Waals surface area contributed by atoms with Crippen LogP contribution in [0.4, 0.5) is 0 Å². The van der Waals surface area contributed by atoms with Gasteiger partial charge in [-0.25, -0.2) is 8.42 Å². The molecule has 0 radical (unpaired) electrons. The Morgan fingerprint density at radius 1 is 1.14 bits per heavy atom. The third-order valence-corrected chi connectivity index (χ3v) is 5.43. The van der Waals surface area contributed by atoms with E-state index in [1.54, 1.807) is 0 Å². The van der Waals surface area contributed by atoms with Gasteiger partial charge in [-0.05, 0) is 36.1 Å². The minimum absolute atomic E-state index is 0.106. The molecule has 1 aliphatic rings. The van der Waals surface area contributed by atoms with Gasteiger partial charge in [0.15, 0.2) is 0 Å². The van der Waals surface area contributed by atoms with Crippen molar-refractivity contribution in [3.63, 3.8) is 0 Å². The number of nitrogens with zero attached hydrogens (tertiary/aromatic N) is 1. The quantitative estimate of drug-likeness (QED) is 0.940. The van der Waals surface area contributed by atoms with Gasteiger partial charge in [0.2, 0.25) is 5.09 Å². The van der Waals surface area contributed by atoms with Gasteiger partial charge in [-0.15, -0.1) is 0 Å². The predicted molar refractivity (Wildman–Crippen MR) is 77.0 cm³/mol. The largest absolute Gasteiger partial charge is 0.446 e. The summed E-state index contributed by atoms with van der Waals surface area (Å²) in [4.78, 5) is 0. The zero-order chi connectivity index (χ0) is 14.9. The number of aryl methyl sites for hydroxylation is 1. The number of aliphatic hydroxyl groups is 1. The van der Waals surface area contributed by atoms with Gasteiger partial charge in [0.1, 0.15) is 12.4 Å². The Balaban J connectivity index is 1.92. The second-order valence-corrected chi connectivity index (χ2v) is 6.96. The van der Waals surface area contributed by atoms with Gasteiger partial charge >= 0.3 is 0 Å². The zero-order valence-electron chi connectivity index (χ0n) is 11.5. The van der Waals surface area contributed by atoms with Crippen molar-refractivity contribution in [3.05, 3.63) is 53.3 Å². The lowest BCUT2D eigenvalue weighted by molar-refractivity contribution is 0.234. The molecular formula is C15H17NO4S. The van der Waals surface area contributed by atoms with Crippen LogP contribution in [0, 0.1) is 0 Å². The highest BCUT2D eigenvalue weighted by Gasteiger charge is 2.29. The molecule has 0 saturated carbocycles. The first-order valence-corrected chi connectivity index (χ1v) is 8.32. The second kappa shape index (κ2) is 5.63. The SMILES string of the molecule is O=S(=O)(c1ccc(CO)o1)N1CCCc2ccccc2C1. The molecule has 3 rings (SSSR count). The van der Waals surface area contributed by atoms with Crippen molar-refractivity contribution in [3.8, 4) is 0 Å². The maximum Gasteiger partial charge on any atom is 0.276 e. The zero-order valence-corrected chi connectivity index (χ0v) is 12.3. The molecule has 1 aromatic heterocycles. The molecule has 1 aromatic carbocycles. The van der Waals surface area contributed by atoms with E-state index >= 15 is 0 Å². The van der Waals surface area contributed by atoms with Crippen LogP contribution in [0.3, 0.4) is 0 Å². The Bertz CT molecular complexity index is 736. The van der Waals surface area contributed by atoms with E-state index in [1.165, 1.54) is 22.0 Å². The van der Waals surface area contributed by atoms with Gasteiger partial charge in [-0.1, -0.05) is 24.3 Å². The fourth-order valence-corrected chi connectivity index (χ4v) is 3.97. The molecule has 0 atom stereocenters. The van der Waals surface area contributed by atoms with Crippen molar-refractivity contribution < 1.29 is 17.9 Å². The number of hydrogen-bond acceptors (Lipinski definition) is 4. The Kier molecular flexibility index (Phi) is 3.84. The van der Waals surface area contributed by atoms with Crippen molar-refractivity contribution in [2.45, 2.75) is 31.1 Å².